The van der Waals surface area contributed by atoms with Crippen molar-refractivity contribution in [2.45, 2.75) is 25.7 Å². The fourth-order valence-corrected chi connectivity index (χ4v) is 3.91. The van der Waals surface area contributed by atoms with Crippen LogP contribution in [0.2, 0.25) is 0 Å². The van der Waals surface area contributed by atoms with Crippen LogP contribution in [0.4, 0.5) is 0 Å². The van der Waals surface area contributed by atoms with Crippen LogP contribution in [0.3, 0.4) is 0 Å². The second-order valence-corrected chi connectivity index (χ2v) is 6.88. The molecule has 0 radical (unpaired) electrons. The second-order valence-electron chi connectivity index (χ2n) is 6.88. The van der Waals surface area contributed by atoms with Gasteiger partial charge in [-0.1, -0.05) is 24.3 Å². The first kappa shape index (κ1) is 16.5. The molecule has 0 amide bonds. The average molecular weight is 316 g/mol. The third-order valence-corrected chi connectivity index (χ3v) is 5.23. The van der Waals surface area contributed by atoms with E-state index < -0.39 is 0 Å². The number of rotatable bonds is 4. The van der Waals surface area contributed by atoms with E-state index in [4.69, 9.17) is 4.74 Å². The van der Waals surface area contributed by atoms with Crippen LogP contribution < -0.4 is 0 Å². The van der Waals surface area contributed by atoms with E-state index in [1.54, 1.807) is 11.1 Å². The Balaban J connectivity index is 1.49. The molecule has 0 N–H and O–H groups in total. The van der Waals surface area contributed by atoms with E-state index in [1.807, 2.05) is 0 Å². The van der Waals surface area contributed by atoms with Crippen LogP contribution in [0, 0.1) is 5.92 Å². The quantitative estimate of drug-likeness (QED) is 0.795. The smallest absolute Gasteiger partial charge is 0.319 e. The lowest BCUT2D eigenvalue weighted by Gasteiger charge is -2.30. The minimum Gasteiger partial charge on any atom is -0.468 e. The molecule has 0 spiro atoms. The van der Waals surface area contributed by atoms with Crippen LogP contribution in [0.1, 0.15) is 24.0 Å². The standard InChI is InChI=1S/C19H28N2O2/c1-23-19(22)15-21-10-4-9-20(11-12-21)14-16-7-8-17-5-2-3-6-18(17)13-16/h2-3,5-6,16H,4,7-15H2,1H3. The number of carbonyl (C=O) groups is 1. The van der Waals surface area contributed by atoms with Crippen molar-refractivity contribution in [2.75, 3.05) is 46.4 Å². The molecule has 1 aromatic rings. The number of ether oxygens (including phenoxy) is 1. The van der Waals surface area contributed by atoms with Gasteiger partial charge in [0.05, 0.1) is 13.7 Å². The van der Waals surface area contributed by atoms with E-state index in [0.29, 0.717) is 6.54 Å². The Morgan fingerprint density at radius 1 is 1.13 bits per heavy atom. The molecule has 1 fully saturated rings. The molecule has 1 saturated heterocycles. The third kappa shape index (κ3) is 4.55. The van der Waals surface area contributed by atoms with Gasteiger partial charge in [0.1, 0.15) is 0 Å². The number of fused-ring (bicyclic) bond motifs is 1. The summed E-state index contributed by atoms with van der Waals surface area (Å²) in [6, 6.07) is 8.89. The monoisotopic (exact) mass is 316 g/mol. The van der Waals surface area contributed by atoms with Crippen molar-refractivity contribution in [3.63, 3.8) is 0 Å². The summed E-state index contributed by atoms with van der Waals surface area (Å²) in [5.41, 5.74) is 3.09. The van der Waals surface area contributed by atoms with Crippen molar-refractivity contribution < 1.29 is 9.53 Å². The van der Waals surface area contributed by atoms with Crippen molar-refractivity contribution in [1.29, 1.82) is 0 Å². The highest BCUT2D eigenvalue weighted by Crippen LogP contribution is 2.26. The number of carbonyl (C=O) groups excluding carboxylic acids is 1. The van der Waals surface area contributed by atoms with E-state index in [0.717, 1.165) is 38.5 Å². The lowest BCUT2D eigenvalue weighted by molar-refractivity contribution is -0.141. The lowest BCUT2D eigenvalue weighted by Crippen LogP contribution is -2.37. The van der Waals surface area contributed by atoms with E-state index >= 15 is 0 Å². The summed E-state index contributed by atoms with van der Waals surface area (Å²) in [6.07, 6.45) is 4.89. The molecule has 4 nitrogen and oxygen atoms in total. The molecule has 4 heteroatoms. The van der Waals surface area contributed by atoms with Gasteiger partial charge in [-0.05, 0) is 49.3 Å². The topological polar surface area (TPSA) is 32.8 Å². The van der Waals surface area contributed by atoms with Crippen molar-refractivity contribution in [3.05, 3.63) is 35.4 Å². The van der Waals surface area contributed by atoms with Crippen LogP contribution in [-0.4, -0.2) is 62.1 Å². The molecule has 126 valence electrons. The molecule has 0 aromatic heterocycles. The zero-order chi connectivity index (χ0) is 16.1. The molecule has 3 rings (SSSR count). The van der Waals surface area contributed by atoms with Crippen LogP contribution in [0.15, 0.2) is 24.3 Å². The first-order valence-electron chi connectivity index (χ1n) is 8.83. The molecule has 1 unspecified atom stereocenters. The number of methoxy groups -OCH3 is 1. The van der Waals surface area contributed by atoms with Crippen molar-refractivity contribution in [2.24, 2.45) is 5.92 Å². The van der Waals surface area contributed by atoms with E-state index in [1.165, 1.54) is 32.9 Å². The molecule has 1 aliphatic carbocycles. The van der Waals surface area contributed by atoms with Crippen LogP contribution >= 0.6 is 0 Å². The molecular weight excluding hydrogens is 288 g/mol. The first-order valence-corrected chi connectivity index (χ1v) is 8.83. The van der Waals surface area contributed by atoms with E-state index in [-0.39, 0.29) is 5.97 Å². The van der Waals surface area contributed by atoms with Gasteiger partial charge < -0.3 is 9.64 Å². The molecule has 0 bridgehead atoms. The molecule has 2 aliphatic rings. The Morgan fingerprint density at radius 2 is 1.87 bits per heavy atom. The largest absolute Gasteiger partial charge is 0.468 e. The Hall–Kier alpha value is -1.39. The SMILES string of the molecule is COC(=O)CN1CCCN(CC2CCc3ccccc3C2)CC1. The summed E-state index contributed by atoms with van der Waals surface area (Å²) in [6.45, 7) is 5.81. The molecule has 0 saturated carbocycles. The normalized spacial score (nSPS) is 23.1. The zero-order valence-electron chi connectivity index (χ0n) is 14.2. The van der Waals surface area contributed by atoms with Crippen molar-refractivity contribution in [3.8, 4) is 0 Å². The Labute approximate surface area is 139 Å². The second kappa shape index (κ2) is 7.93. The van der Waals surface area contributed by atoms with Crippen LogP contribution in [-0.2, 0) is 22.4 Å². The van der Waals surface area contributed by atoms with Gasteiger partial charge in [-0.15, -0.1) is 0 Å². The Morgan fingerprint density at radius 3 is 2.70 bits per heavy atom. The number of benzene rings is 1. The summed E-state index contributed by atoms with van der Waals surface area (Å²) < 4.78 is 4.78. The zero-order valence-corrected chi connectivity index (χ0v) is 14.2. The summed E-state index contributed by atoms with van der Waals surface area (Å²) in [4.78, 5) is 16.2. The van der Waals surface area contributed by atoms with Crippen molar-refractivity contribution in [1.82, 2.24) is 9.80 Å². The van der Waals surface area contributed by atoms with Gasteiger partial charge in [-0.2, -0.15) is 0 Å². The van der Waals surface area contributed by atoms with Gasteiger partial charge >= 0.3 is 5.97 Å². The van der Waals surface area contributed by atoms with Gasteiger partial charge in [-0.25, -0.2) is 0 Å². The van der Waals surface area contributed by atoms with E-state index in [9.17, 15) is 4.79 Å². The summed E-state index contributed by atoms with van der Waals surface area (Å²) in [5, 5.41) is 0. The number of nitrogens with zero attached hydrogens (tertiary/aromatic N) is 2. The van der Waals surface area contributed by atoms with Gasteiger partial charge in [-0.3, -0.25) is 9.69 Å². The van der Waals surface area contributed by atoms with E-state index in [2.05, 4.69) is 34.1 Å². The number of hydrogen-bond acceptors (Lipinski definition) is 4. The maximum Gasteiger partial charge on any atom is 0.319 e. The highest BCUT2D eigenvalue weighted by molar-refractivity contribution is 5.71. The fourth-order valence-electron chi connectivity index (χ4n) is 3.91. The fraction of sp³-hybridized carbons (Fsp3) is 0.632. The van der Waals surface area contributed by atoms with Gasteiger partial charge in [0.25, 0.3) is 0 Å². The predicted octanol–water partition coefficient (Wildman–Crippen LogP) is 1.97. The first-order chi connectivity index (χ1) is 11.2. The summed E-state index contributed by atoms with van der Waals surface area (Å²) >= 11 is 0. The molecule has 1 atom stereocenters. The maximum absolute atomic E-state index is 11.4. The number of aryl methyl sites for hydroxylation is 1. The van der Waals surface area contributed by atoms with Crippen molar-refractivity contribution >= 4 is 5.97 Å². The highest BCUT2D eigenvalue weighted by atomic mass is 16.5. The Kier molecular flexibility index (Phi) is 5.68. The molecule has 1 aliphatic heterocycles. The lowest BCUT2D eigenvalue weighted by atomic mass is 9.83. The summed E-state index contributed by atoms with van der Waals surface area (Å²) in [5.74, 6) is 0.652. The highest BCUT2D eigenvalue weighted by Gasteiger charge is 2.23. The molecule has 1 heterocycles. The predicted molar refractivity (Wildman–Crippen MR) is 91.5 cm³/mol. The minimum atomic E-state index is -0.123. The number of esters is 1. The number of hydrogen-bond donors (Lipinski definition) is 0. The van der Waals surface area contributed by atoms with Crippen LogP contribution in [0.25, 0.3) is 0 Å². The van der Waals surface area contributed by atoms with Crippen LogP contribution in [0.5, 0.6) is 0 Å². The maximum atomic E-state index is 11.4. The third-order valence-electron chi connectivity index (χ3n) is 5.23. The minimum absolute atomic E-state index is 0.123. The molecule has 23 heavy (non-hydrogen) atoms. The molecule has 1 aromatic carbocycles. The summed E-state index contributed by atoms with van der Waals surface area (Å²) in [7, 11) is 1.47. The molecular formula is C19H28N2O2. The Bertz CT molecular complexity index is 532. The van der Waals surface area contributed by atoms with Gasteiger partial charge in [0.2, 0.25) is 0 Å². The van der Waals surface area contributed by atoms with Gasteiger partial charge in [0.15, 0.2) is 0 Å². The average Bonchev–Trinajstić information content (AvgIpc) is 2.80. The van der Waals surface area contributed by atoms with Gasteiger partial charge in [0, 0.05) is 26.2 Å².